The molecular weight excluding hydrogens is 248 g/mol. The van der Waals surface area contributed by atoms with Gasteiger partial charge in [-0.15, -0.1) is 0 Å². The van der Waals surface area contributed by atoms with Crippen LogP contribution in [-0.2, 0) is 9.53 Å². The van der Waals surface area contributed by atoms with Crippen molar-refractivity contribution in [3.8, 4) is 0 Å². The fourth-order valence-corrected chi connectivity index (χ4v) is 4.59. The van der Waals surface area contributed by atoms with Crippen LogP contribution in [0.4, 0.5) is 0 Å². The summed E-state index contributed by atoms with van der Waals surface area (Å²) in [6.45, 7) is 1.20. The van der Waals surface area contributed by atoms with Gasteiger partial charge in [0.15, 0.2) is 0 Å². The Morgan fingerprint density at radius 1 is 0.850 bits per heavy atom. The lowest BCUT2D eigenvalue weighted by Gasteiger charge is -2.38. The van der Waals surface area contributed by atoms with Crippen molar-refractivity contribution < 1.29 is 9.53 Å². The van der Waals surface area contributed by atoms with E-state index in [2.05, 4.69) is 0 Å². The number of hydrogen-bond donors (Lipinski definition) is 0. The zero-order valence-electron chi connectivity index (χ0n) is 13.0. The molecule has 0 aromatic carbocycles. The molecule has 0 amide bonds. The quantitative estimate of drug-likeness (QED) is 0.456. The van der Waals surface area contributed by atoms with Crippen LogP contribution >= 0.6 is 0 Å². The van der Waals surface area contributed by atoms with Gasteiger partial charge in [-0.2, -0.15) is 0 Å². The number of carbonyl (C=O) groups excluding carboxylic acids is 1. The predicted octanol–water partition coefficient (Wildman–Crippen LogP) is 5.11. The summed E-state index contributed by atoms with van der Waals surface area (Å²) in [5, 5.41) is 0. The van der Waals surface area contributed by atoms with Crippen molar-refractivity contribution >= 4 is 6.47 Å². The van der Waals surface area contributed by atoms with E-state index >= 15 is 0 Å². The number of ether oxygens (including phenoxy) is 1. The molecule has 116 valence electrons. The van der Waals surface area contributed by atoms with Crippen molar-refractivity contribution in [1.82, 2.24) is 0 Å². The molecule has 0 saturated heterocycles. The molecule has 0 unspecified atom stereocenters. The third-order valence-electron chi connectivity index (χ3n) is 5.63. The lowest BCUT2D eigenvalue weighted by molar-refractivity contribution is -0.128. The summed E-state index contributed by atoms with van der Waals surface area (Å²) in [5.74, 6) is 2.96. The number of hydrogen-bond acceptors (Lipinski definition) is 2. The first-order chi connectivity index (χ1) is 9.92. The topological polar surface area (TPSA) is 26.3 Å². The van der Waals surface area contributed by atoms with Crippen LogP contribution in [0.15, 0.2) is 0 Å². The first-order valence-electron chi connectivity index (χ1n) is 8.97. The molecule has 0 bridgehead atoms. The molecule has 0 spiro atoms. The lowest BCUT2D eigenvalue weighted by atomic mass is 9.68. The molecule has 2 saturated carbocycles. The van der Waals surface area contributed by atoms with E-state index in [4.69, 9.17) is 4.74 Å². The number of unbranched alkanes of at least 4 members (excludes halogenated alkanes) is 1. The third kappa shape index (κ3) is 5.10. The molecule has 2 heteroatoms. The predicted molar refractivity (Wildman–Crippen MR) is 82.5 cm³/mol. The van der Waals surface area contributed by atoms with E-state index in [1.165, 1.54) is 77.0 Å². The first-order valence-corrected chi connectivity index (χ1v) is 8.97. The van der Waals surface area contributed by atoms with Crippen LogP contribution in [0.3, 0.4) is 0 Å². The van der Waals surface area contributed by atoms with Crippen LogP contribution in [0.5, 0.6) is 0 Å². The van der Waals surface area contributed by atoms with E-state index in [9.17, 15) is 4.79 Å². The zero-order valence-corrected chi connectivity index (χ0v) is 13.0. The second-order valence-corrected chi connectivity index (χ2v) is 6.92. The average molecular weight is 280 g/mol. The molecule has 0 N–H and O–H groups in total. The van der Waals surface area contributed by atoms with Crippen molar-refractivity contribution in [2.75, 3.05) is 6.61 Å². The molecule has 2 rings (SSSR count). The highest BCUT2D eigenvalue weighted by Crippen LogP contribution is 2.42. The summed E-state index contributed by atoms with van der Waals surface area (Å²) in [5.41, 5.74) is 0. The van der Waals surface area contributed by atoms with Gasteiger partial charge in [-0.3, -0.25) is 4.79 Å². The fourth-order valence-electron chi connectivity index (χ4n) is 4.59. The summed E-state index contributed by atoms with van der Waals surface area (Å²) >= 11 is 0. The van der Waals surface area contributed by atoms with Crippen LogP contribution < -0.4 is 0 Å². The smallest absolute Gasteiger partial charge is 0.293 e. The van der Waals surface area contributed by atoms with Gasteiger partial charge in [0.25, 0.3) is 6.47 Å². The minimum absolute atomic E-state index is 0.583. The molecule has 2 aliphatic rings. The van der Waals surface area contributed by atoms with E-state index in [-0.39, 0.29) is 0 Å². The van der Waals surface area contributed by atoms with Crippen molar-refractivity contribution in [2.45, 2.75) is 83.5 Å². The number of rotatable bonds is 8. The molecule has 2 fully saturated rings. The molecule has 0 aromatic heterocycles. The van der Waals surface area contributed by atoms with E-state index < -0.39 is 0 Å². The molecule has 2 nitrogen and oxygen atoms in total. The van der Waals surface area contributed by atoms with Gasteiger partial charge in [-0.1, -0.05) is 64.2 Å². The minimum atomic E-state index is 0.583. The molecule has 0 radical (unpaired) electrons. The van der Waals surface area contributed by atoms with Gasteiger partial charge >= 0.3 is 0 Å². The van der Waals surface area contributed by atoms with Gasteiger partial charge in [0.2, 0.25) is 0 Å². The van der Waals surface area contributed by atoms with Gasteiger partial charge in [0, 0.05) is 0 Å². The van der Waals surface area contributed by atoms with E-state index in [0.29, 0.717) is 13.1 Å². The lowest BCUT2D eigenvalue weighted by Crippen LogP contribution is -2.27. The molecule has 2 aliphatic carbocycles. The van der Waals surface area contributed by atoms with Gasteiger partial charge in [-0.05, 0) is 37.0 Å². The van der Waals surface area contributed by atoms with Crippen molar-refractivity contribution in [1.29, 1.82) is 0 Å². The summed E-state index contributed by atoms with van der Waals surface area (Å²) in [6.07, 6.45) is 18.3. The van der Waals surface area contributed by atoms with Crippen LogP contribution in [0.25, 0.3) is 0 Å². The summed E-state index contributed by atoms with van der Waals surface area (Å²) in [7, 11) is 0. The second kappa shape index (κ2) is 9.41. The Balaban J connectivity index is 1.80. The van der Waals surface area contributed by atoms with Crippen LogP contribution in [0, 0.1) is 17.8 Å². The second-order valence-electron chi connectivity index (χ2n) is 6.92. The van der Waals surface area contributed by atoms with Gasteiger partial charge in [0.1, 0.15) is 0 Å². The summed E-state index contributed by atoms with van der Waals surface area (Å²) in [4.78, 5) is 10.2. The van der Waals surface area contributed by atoms with E-state index in [1.54, 1.807) is 0 Å². The van der Waals surface area contributed by atoms with E-state index in [0.717, 1.165) is 24.2 Å². The SMILES string of the molecule is O=COCCCCC(C1CCCCC1)C1CCCCC1. The van der Waals surface area contributed by atoms with Gasteiger partial charge in [0.05, 0.1) is 6.61 Å². The maximum atomic E-state index is 10.2. The highest BCUT2D eigenvalue weighted by molar-refractivity contribution is 5.36. The third-order valence-corrected chi connectivity index (χ3v) is 5.63. The molecule has 0 aliphatic heterocycles. The largest absolute Gasteiger partial charge is 0.468 e. The average Bonchev–Trinajstić information content (AvgIpc) is 2.53. The van der Waals surface area contributed by atoms with Crippen LogP contribution in [0.1, 0.15) is 83.5 Å². The van der Waals surface area contributed by atoms with E-state index in [1.807, 2.05) is 0 Å². The summed E-state index contributed by atoms with van der Waals surface area (Å²) in [6, 6.07) is 0. The fraction of sp³-hybridized carbons (Fsp3) is 0.944. The van der Waals surface area contributed by atoms with Crippen molar-refractivity contribution in [3.05, 3.63) is 0 Å². The molecule has 20 heavy (non-hydrogen) atoms. The van der Waals surface area contributed by atoms with Crippen LogP contribution in [-0.4, -0.2) is 13.1 Å². The minimum Gasteiger partial charge on any atom is -0.468 e. The highest BCUT2D eigenvalue weighted by Gasteiger charge is 2.30. The van der Waals surface area contributed by atoms with Crippen LogP contribution in [0.2, 0.25) is 0 Å². The summed E-state index contributed by atoms with van der Waals surface area (Å²) < 4.78 is 4.83. The Labute approximate surface area is 124 Å². The number of carbonyl (C=O) groups is 1. The zero-order chi connectivity index (χ0) is 14.0. The Hall–Kier alpha value is -0.530. The normalized spacial score (nSPS) is 22.1. The highest BCUT2D eigenvalue weighted by atomic mass is 16.5. The maximum absolute atomic E-state index is 10.2. The Kier molecular flexibility index (Phi) is 7.46. The molecule has 0 aromatic rings. The Morgan fingerprint density at radius 2 is 1.40 bits per heavy atom. The molecule has 0 heterocycles. The molecule has 0 atom stereocenters. The first kappa shape index (κ1) is 15.9. The van der Waals surface area contributed by atoms with Gasteiger partial charge < -0.3 is 4.74 Å². The van der Waals surface area contributed by atoms with Crippen molar-refractivity contribution in [2.24, 2.45) is 17.8 Å². The standard InChI is InChI=1S/C18H32O2/c19-15-20-14-8-7-13-18(16-9-3-1-4-10-16)17-11-5-2-6-12-17/h15-18H,1-14H2. The van der Waals surface area contributed by atoms with Crippen molar-refractivity contribution in [3.63, 3.8) is 0 Å². The Bertz CT molecular complexity index is 234. The molecular formula is C18H32O2. The van der Waals surface area contributed by atoms with Gasteiger partial charge in [-0.25, -0.2) is 0 Å². The Morgan fingerprint density at radius 3 is 1.90 bits per heavy atom. The monoisotopic (exact) mass is 280 g/mol. The maximum Gasteiger partial charge on any atom is 0.293 e.